The van der Waals surface area contributed by atoms with Crippen molar-refractivity contribution in [3.05, 3.63) is 76.9 Å². The summed E-state index contributed by atoms with van der Waals surface area (Å²) in [6, 6.07) is 13.0. The Morgan fingerprint density at radius 3 is 2.21 bits per heavy atom. The zero-order valence-corrected chi connectivity index (χ0v) is 22.1. The highest BCUT2D eigenvalue weighted by Gasteiger charge is 2.34. The number of hydrogen-bond acceptors (Lipinski definition) is 6. The summed E-state index contributed by atoms with van der Waals surface area (Å²) in [6.45, 7) is 0.340. The topological polar surface area (TPSA) is 66.5 Å². The van der Waals surface area contributed by atoms with Gasteiger partial charge in [-0.05, 0) is 65.6 Å². The van der Waals surface area contributed by atoms with E-state index in [1.165, 1.54) is 33.5 Å². The molecule has 0 N–H and O–H groups in total. The van der Waals surface area contributed by atoms with Crippen molar-refractivity contribution in [3.8, 4) is 28.7 Å². The normalized spacial score (nSPS) is 14.8. The Labute approximate surface area is 225 Å². The van der Waals surface area contributed by atoms with E-state index in [0.717, 1.165) is 28.8 Å². The van der Waals surface area contributed by atoms with Crippen LogP contribution in [-0.4, -0.2) is 52.4 Å². The molecule has 1 heterocycles. The van der Waals surface area contributed by atoms with E-state index >= 15 is 0 Å². The highest BCUT2D eigenvalue weighted by Crippen LogP contribution is 2.39. The van der Waals surface area contributed by atoms with Crippen molar-refractivity contribution in [3.63, 3.8) is 0 Å². The monoisotopic (exact) mass is 545 g/mol. The van der Waals surface area contributed by atoms with E-state index in [1.54, 1.807) is 36.3 Å². The fourth-order valence-electron chi connectivity index (χ4n) is 4.71. The minimum Gasteiger partial charge on any atom is -0.493 e. The van der Waals surface area contributed by atoms with Crippen LogP contribution in [0.25, 0.3) is 0 Å². The third-order valence-electron chi connectivity index (χ3n) is 6.70. The molecule has 0 unspecified atom stereocenters. The van der Waals surface area contributed by atoms with Crippen molar-refractivity contribution < 1.29 is 41.7 Å². The largest absolute Gasteiger partial charge is 0.493 e. The Hall–Kier alpha value is -4.08. The first kappa shape index (κ1) is 27.9. The molecule has 7 nitrogen and oxygen atoms in total. The molecule has 1 aliphatic rings. The summed E-state index contributed by atoms with van der Waals surface area (Å²) in [5.74, 6) is 1.99. The molecular formula is C29H30F3NO6. The fraction of sp³-hybridized carbons (Fsp3) is 0.345. The Balaban J connectivity index is 1.65. The molecule has 10 heteroatoms. The molecule has 39 heavy (non-hydrogen) atoms. The van der Waals surface area contributed by atoms with Gasteiger partial charge >= 0.3 is 6.18 Å². The number of rotatable bonds is 9. The van der Waals surface area contributed by atoms with Gasteiger partial charge in [-0.2, -0.15) is 13.2 Å². The van der Waals surface area contributed by atoms with Crippen molar-refractivity contribution in [2.45, 2.75) is 25.1 Å². The van der Waals surface area contributed by atoms with Crippen LogP contribution in [0.15, 0.2) is 54.6 Å². The second kappa shape index (κ2) is 11.8. The van der Waals surface area contributed by atoms with Gasteiger partial charge in [-0.25, -0.2) is 0 Å². The highest BCUT2D eigenvalue weighted by atomic mass is 19.4. The summed E-state index contributed by atoms with van der Waals surface area (Å²) in [4.78, 5) is 15.3. The maximum absolute atomic E-state index is 13.6. The number of nitrogens with zero attached hydrogens (tertiary/aromatic N) is 1. The number of halogens is 3. The first-order valence-electron chi connectivity index (χ1n) is 12.2. The van der Waals surface area contributed by atoms with Crippen molar-refractivity contribution in [2.24, 2.45) is 0 Å². The molecule has 0 bridgehead atoms. The van der Waals surface area contributed by atoms with E-state index in [9.17, 15) is 18.0 Å². The fourth-order valence-corrected chi connectivity index (χ4v) is 4.71. The molecule has 0 aromatic heterocycles. The number of fused-ring (bicyclic) bond motifs is 1. The van der Waals surface area contributed by atoms with Crippen LogP contribution in [0.1, 0.15) is 28.3 Å². The lowest BCUT2D eigenvalue weighted by molar-refractivity contribution is -0.137. The highest BCUT2D eigenvalue weighted by molar-refractivity contribution is 5.80. The molecule has 0 saturated heterocycles. The summed E-state index contributed by atoms with van der Waals surface area (Å²) in [6.07, 6.45) is -3.85. The zero-order chi connectivity index (χ0) is 28.2. The first-order valence-corrected chi connectivity index (χ1v) is 12.2. The lowest BCUT2D eigenvalue weighted by atomic mass is 9.91. The Morgan fingerprint density at radius 2 is 1.54 bits per heavy atom. The van der Waals surface area contributed by atoms with Crippen LogP contribution in [0.4, 0.5) is 13.2 Å². The predicted molar refractivity (Wildman–Crippen MR) is 138 cm³/mol. The minimum atomic E-state index is -4.50. The van der Waals surface area contributed by atoms with Gasteiger partial charge in [0.15, 0.2) is 23.0 Å². The average molecular weight is 546 g/mol. The lowest BCUT2D eigenvalue weighted by Crippen LogP contribution is -2.43. The summed E-state index contributed by atoms with van der Waals surface area (Å²) < 4.78 is 67.2. The van der Waals surface area contributed by atoms with Crippen LogP contribution in [0.2, 0.25) is 0 Å². The van der Waals surface area contributed by atoms with Gasteiger partial charge in [0.05, 0.1) is 46.5 Å². The van der Waals surface area contributed by atoms with Crippen molar-refractivity contribution in [1.82, 2.24) is 4.90 Å². The second-order valence-electron chi connectivity index (χ2n) is 8.96. The molecule has 1 amide bonds. The molecule has 1 aliphatic heterocycles. The third kappa shape index (κ3) is 6.16. The van der Waals surface area contributed by atoms with E-state index in [-0.39, 0.29) is 24.7 Å². The molecule has 0 spiro atoms. The van der Waals surface area contributed by atoms with Crippen molar-refractivity contribution in [2.75, 3.05) is 41.6 Å². The number of hydrogen-bond donors (Lipinski definition) is 0. The van der Waals surface area contributed by atoms with Crippen LogP contribution in [0.5, 0.6) is 28.7 Å². The summed E-state index contributed by atoms with van der Waals surface area (Å²) >= 11 is 0. The second-order valence-corrected chi connectivity index (χ2v) is 8.96. The standard InChI is InChI=1S/C29H30F3NO6/c1-35-24-9-8-18(12-25(24)36-2)13-28(34)33-11-10-19-14-26(37-3)27(38-4)16-22(19)23(33)17-39-21-7-5-6-20(15-21)29(30,31)32/h5-9,12,14-16,23H,10-11,13,17H2,1-4H3/t23-/m0/s1. The summed E-state index contributed by atoms with van der Waals surface area (Å²) in [7, 11) is 6.11. The molecule has 0 radical (unpaired) electrons. The molecule has 3 aromatic carbocycles. The Bertz CT molecular complexity index is 1330. The number of alkyl halides is 3. The quantitative estimate of drug-likeness (QED) is 0.355. The van der Waals surface area contributed by atoms with Crippen LogP contribution in [0.3, 0.4) is 0 Å². The molecule has 3 aromatic rings. The average Bonchev–Trinajstić information content (AvgIpc) is 2.94. The number of benzene rings is 3. The SMILES string of the molecule is COc1ccc(CC(=O)N2CCc3cc(OC)c(OC)cc3[C@@H]2COc2cccc(C(F)(F)F)c2)cc1OC. The van der Waals surface area contributed by atoms with Crippen LogP contribution in [0, 0.1) is 0 Å². The molecule has 0 saturated carbocycles. The van der Waals surface area contributed by atoms with Gasteiger partial charge in [0.2, 0.25) is 5.91 Å². The lowest BCUT2D eigenvalue weighted by Gasteiger charge is -2.38. The Kier molecular flexibility index (Phi) is 8.42. The van der Waals surface area contributed by atoms with Gasteiger partial charge in [0.1, 0.15) is 12.4 Å². The predicted octanol–water partition coefficient (Wildman–Crippen LogP) is 5.49. The maximum atomic E-state index is 13.6. The molecule has 208 valence electrons. The summed E-state index contributed by atoms with van der Waals surface area (Å²) in [5, 5.41) is 0. The maximum Gasteiger partial charge on any atom is 0.416 e. The smallest absolute Gasteiger partial charge is 0.416 e. The molecule has 0 fully saturated rings. The van der Waals surface area contributed by atoms with Gasteiger partial charge in [0.25, 0.3) is 0 Å². The third-order valence-corrected chi connectivity index (χ3v) is 6.70. The zero-order valence-electron chi connectivity index (χ0n) is 22.1. The van der Waals surface area contributed by atoms with Crippen molar-refractivity contribution in [1.29, 1.82) is 0 Å². The van der Waals surface area contributed by atoms with E-state index in [1.807, 2.05) is 6.07 Å². The van der Waals surface area contributed by atoms with E-state index in [0.29, 0.717) is 36.0 Å². The Morgan fingerprint density at radius 1 is 0.872 bits per heavy atom. The number of amides is 1. The minimum absolute atomic E-state index is 0.0541. The van der Waals surface area contributed by atoms with Crippen molar-refractivity contribution >= 4 is 5.91 Å². The summed E-state index contributed by atoms with van der Waals surface area (Å²) in [5.41, 5.74) is 1.65. The number of ether oxygens (including phenoxy) is 5. The van der Waals surface area contributed by atoms with Gasteiger partial charge in [0, 0.05) is 6.54 Å². The van der Waals surface area contributed by atoms with E-state index in [2.05, 4.69) is 0 Å². The molecule has 4 rings (SSSR count). The van der Waals surface area contributed by atoms with Gasteiger partial charge in [-0.15, -0.1) is 0 Å². The van der Waals surface area contributed by atoms with Crippen LogP contribution >= 0.6 is 0 Å². The van der Waals surface area contributed by atoms with Crippen LogP contribution in [-0.2, 0) is 23.8 Å². The van der Waals surface area contributed by atoms with Gasteiger partial charge in [-0.3, -0.25) is 4.79 Å². The molecular weight excluding hydrogens is 515 g/mol. The number of methoxy groups -OCH3 is 4. The number of carbonyl (C=O) groups is 1. The van der Waals surface area contributed by atoms with E-state index in [4.69, 9.17) is 23.7 Å². The number of carbonyl (C=O) groups excluding carboxylic acids is 1. The van der Waals surface area contributed by atoms with Gasteiger partial charge < -0.3 is 28.6 Å². The molecule has 1 atom stereocenters. The molecule has 0 aliphatic carbocycles. The van der Waals surface area contributed by atoms with Crippen LogP contribution < -0.4 is 23.7 Å². The first-order chi connectivity index (χ1) is 18.7. The van der Waals surface area contributed by atoms with Gasteiger partial charge in [-0.1, -0.05) is 12.1 Å². The van der Waals surface area contributed by atoms with E-state index < -0.39 is 17.8 Å².